The van der Waals surface area contributed by atoms with Crippen molar-refractivity contribution in [3.8, 4) is 0 Å². The molecule has 0 aromatic heterocycles. The van der Waals surface area contributed by atoms with E-state index >= 15 is 0 Å². The second-order valence-electron chi connectivity index (χ2n) is 5.66. The van der Waals surface area contributed by atoms with Gasteiger partial charge in [0, 0.05) is 32.2 Å². The number of hydrogen-bond donors (Lipinski definition) is 2. The molecule has 1 heterocycles. The van der Waals surface area contributed by atoms with Gasteiger partial charge >= 0.3 is 5.97 Å². The van der Waals surface area contributed by atoms with Gasteiger partial charge in [0.05, 0.1) is 0 Å². The minimum absolute atomic E-state index is 0.408. The van der Waals surface area contributed by atoms with Gasteiger partial charge in [0.2, 0.25) is 0 Å². The van der Waals surface area contributed by atoms with E-state index in [2.05, 4.69) is 42.8 Å². The summed E-state index contributed by atoms with van der Waals surface area (Å²) >= 11 is 0. The molecule has 19 heavy (non-hydrogen) atoms. The number of rotatable bonds is 8. The Hall–Kier alpha value is -0.650. The van der Waals surface area contributed by atoms with Crippen LogP contribution in [0.4, 0.5) is 0 Å². The highest BCUT2D eigenvalue weighted by Crippen LogP contribution is 2.23. The minimum Gasteiger partial charge on any atom is -0.480 e. The molecule has 1 atom stereocenters. The van der Waals surface area contributed by atoms with Gasteiger partial charge < -0.3 is 10.0 Å². The van der Waals surface area contributed by atoms with E-state index in [1.54, 1.807) is 0 Å². The summed E-state index contributed by atoms with van der Waals surface area (Å²) in [7, 11) is 0. The smallest absolute Gasteiger partial charge is 0.325 e. The van der Waals surface area contributed by atoms with Crippen LogP contribution < -0.4 is 5.32 Å². The van der Waals surface area contributed by atoms with Gasteiger partial charge in [-0.1, -0.05) is 13.8 Å². The first kappa shape index (κ1) is 16.4. The maximum atomic E-state index is 11.6. The lowest BCUT2D eigenvalue weighted by atomic mass is 9.99. The number of carbonyl (C=O) groups is 1. The number of carboxylic acids is 1. The SMILES string of the molecule is CCN(CC)CCNC1(C(=O)O)CCN(C(C)C)C1. The molecule has 1 fully saturated rings. The lowest BCUT2D eigenvalue weighted by Gasteiger charge is -2.29. The first-order valence-corrected chi connectivity index (χ1v) is 7.40. The Balaban J connectivity index is 2.53. The number of nitrogens with zero attached hydrogens (tertiary/aromatic N) is 2. The van der Waals surface area contributed by atoms with Crippen molar-refractivity contribution in [1.82, 2.24) is 15.1 Å². The molecular formula is C14H29N3O2. The zero-order valence-corrected chi connectivity index (χ0v) is 12.8. The predicted octanol–water partition coefficient (Wildman–Crippen LogP) is 0.855. The van der Waals surface area contributed by atoms with E-state index in [9.17, 15) is 9.90 Å². The standard InChI is InChI=1S/C14H29N3O2/c1-5-16(6-2)10-8-15-14(13(18)19)7-9-17(11-14)12(3)4/h12,15H,5-11H2,1-4H3,(H,18,19). The number of aliphatic carboxylic acids is 1. The molecule has 0 aromatic carbocycles. The highest BCUT2D eigenvalue weighted by molar-refractivity contribution is 5.79. The van der Waals surface area contributed by atoms with Crippen molar-refractivity contribution in [3.63, 3.8) is 0 Å². The van der Waals surface area contributed by atoms with Gasteiger partial charge in [0.15, 0.2) is 0 Å². The van der Waals surface area contributed by atoms with Crippen LogP contribution >= 0.6 is 0 Å². The number of likely N-dealkylation sites (N-methyl/N-ethyl adjacent to an activating group) is 1. The van der Waals surface area contributed by atoms with Crippen LogP contribution in [0.5, 0.6) is 0 Å². The van der Waals surface area contributed by atoms with Crippen LogP contribution in [0.3, 0.4) is 0 Å². The largest absolute Gasteiger partial charge is 0.480 e. The van der Waals surface area contributed by atoms with Crippen LogP contribution in [0.1, 0.15) is 34.1 Å². The number of likely N-dealkylation sites (tertiary alicyclic amines) is 1. The summed E-state index contributed by atoms with van der Waals surface area (Å²) in [5, 5.41) is 12.8. The number of hydrogen-bond acceptors (Lipinski definition) is 4. The molecular weight excluding hydrogens is 242 g/mol. The van der Waals surface area contributed by atoms with E-state index in [0.29, 0.717) is 19.0 Å². The fourth-order valence-corrected chi connectivity index (χ4v) is 2.67. The molecule has 0 spiro atoms. The Labute approximate surface area is 117 Å². The third-order valence-corrected chi connectivity index (χ3v) is 4.22. The van der Waals surface area contributed by atoms with Gasteiger partial charge in [-0.25, -0.2) is 0 Å². The van der Waals surface area contributed by atoms with E-state index < -0.39 is 11.5 Å². The molecule has 2 N–H and O–H groups in total. The van der Waals surface area contributed by atoms with Crippen LogP contribution in [0.15, 0.2) is 0 Å². The van der Waals surface area contributed by atoms with Crippen molar-refractivity contribution < 1.29 is 9.90 Å². The third kappa shape index (κ3) is 4.16. The van der Waals surface area contributed by atoms with Crippen molar-refractivity contribution in [2.75, 3.05) is 39.3 Å². The van der Waals surface area contributed by atoms with E-state index in [4.69, 9.17) is 0 Å². The van der Waals surface area contributed by atoms with E-state index in [-0.39, 0.29) is 0 Å². The van der Waals surface area contributed by atoms with Crippen molar-refractivity contribution in [2.45, 2.75) is 45.7 Å². The second kappa shape index (κ2) is 7.22. The highest BCUT2D eigenvalue weighted by atomic mass is 16.4. The molecule has 1 rings (SSSR count). The van der Waals surface area contributed by atoms with Gasteiger partial charge in [-0.2, -0.15) is 0 Å². The maximum absolute atomic E-state index is 11.6. The molecule has 0 amide bonds. The first-order valence-electron chi connectivity index (χ1n) is 7.40. The highest BCUT2D eigenvalue weighted by Gasteiger charge is 2.44. The van der Waals surface area contributed by atoms with E-state index in [1.165, 1.54) is 0 Å². The summed E-state index contributed by atoms with van der Waals surface area (Å²) in [5.74, 6) is -0.713. The molecule has 1 unspecified atom stereocenters. The summed E-state index contributed by atoms with van der Waals surface area (Å²) in [4.78, 5) is 16.1. The minimum atomic E-state index is -0.753. The lowest BCUT2D eigenvalue weighted by Crippen LogP contribution is -2.56. The van der Waals surface area contributed by atoms with Gasteiger partial charge in [-0.05, 0) is 33.4 Å². The van der Waals surface area contributed by atoms with Crippen molar-refractivity contribution in [3.05, 3.63) is 0 Å². The zero-order valence-electron chi connectivity index (χ0n) is 12.8. The lowest BCUT2D eigenvalue weighted by molar-refractivity contribution is -0.144. The fraction of sp³-hybridized carbons (Fsp3) is 0.929. The molecule has 1 saturated heterocycles. The quantitative estimate of drug-likeness (QED) is 0.685. The van der Waals surface area contributed by atoms with Crippen molar-refractivity contribution in [2.24, 2.45) is 0 Å². The van der Waals surface area contributed by atoms with Crippen LogP contribution in [0, 0.1) is 0 Å². The molecule has 5 nitrogen and oxygen atoms in total. The Morgan fingerprint density at radius 3 is 2.47 bits per heavy atom. The Morgan fingerprint density at radius 1 is 1.42 bits per heavy atom. The molecule has 0 bridgehead atoms. The Morgan fingerprint density at radius 2 is 2.05 bits per heavy atom. The molecule has 0 saturated carbocycles. The summed E-state index contributed by atoms with van der Waals surface area (Å²) in [6.45, 7) is 13.6. The number of nitrogens with one attached hydrogen (secondary N) is 1. The van der Waals surface area contributed by atoms with Crippen LogP contribution in [0.25, 0.3) is 0 Å². The third-order valence-electron chi connectivity index (χ3n) is 4.22. The summed E-state index contributed by atoms with van der Waals surface area (Å²) < 4.78 is 0. The molecule has 0 radical (unpaired) electrons. The van der Waals surface area contributed by atoms with Crippen LogP contribution in [-0.4, -0.2) is 71.7 Å². The van der Waals surface area contributed by atoms with Gasteiger partial charge in [-0.3, -0.25) is 15.0 Å². The van der Waals surface area contributed by atoms with Crippen molar-refractivity contribution >= 4 is 5.97 Å². The molecule has 0 aliphatic carbocycles. The average molecular weight is 271 g/mol. The topological polar surface area (TPSA) is 55.8 Å². The van der Waals surface area contributed by atoms with Crippen LogP contribution in [0.2, 0.25) is 0 Å². The Kier molecular flexibility index (Phi) is 6.23. The summed E-state index contributed by atoms with van der Waals surface area (Å²) in [5.41, 5.74) is -0.753. The molecule has 1 aliphatic heterocycles. The van der Waals surface area contributed by atoms with Gasteiger partial charge in [0.25, 0.3) is 0 Å². The van der Waals surface area contributed by atoms with Gasteiger partial charge in [0.1, 0.15) is 5.54 Å². The normalized spacial score (nSPS) is 24.5. The first-order chi connectivity index (χ1) is 8.95. The van der Waals surface area contributed by atoms with Crippen molar-refractivity contribution in [1.29, 1.82) is 0 Å². The Bertz CT molecular complexity index is 292. The van der Waals surface area contributed by atoms with Gasteiger partial charge in [-0.15, -0.1) is 0 Å². The predicted molar refractivity (Wildman–Crippen MR) is 77.5 cm³/mol. The second-order valence-corrected chi connectivity index (χ2v) is 5.66. The molecule has 0 aromatic rings. The number of carboxylic acid groups (broad SMARTS) is 1. The molecule has 5 heteroatoms. The monoisotopic (exact) mass is 271 g/mol. The summed E-state index contributed by atoms with van der Waals surface area (Å²) in [6, 6.07) is 0.408. The molecule has 1 aliphatic rings. The summed E-state index contributed by atoms with van der Waals surface area (Å²) in [6.07, 6.45) is 0.693. The van der Waals surface area contributed by atoms with Crippen LogP contribution in [-0.2, 0) is 4.79 Å². The fourth-order valence-electron chi connectivity index (χ4n) is 2.67. The van der Waals surface area contributed by atoms with E-state index in [0.717, 1.165) is 32.7 Å². The average Bonchev–Trinajstić information content (AvgIpc) is 2.81. The zero-order chi connectivity index (χ0) is 14.5. The maximum Gasteiger partial charge on any atom is 0.325 e. The molecule has 112 valence electrons. The van der Waals surface area contributed by atoms with E-state index in [1.807, 2.05) is 0 Å².